The number of aryl methyl sites for hydroxylation is 1. The van der Waals surface area contributed by atoms with Gasteiger partial charge < -0.3 is 15.5 Å². The summed E-state index contributed by atoms with van der Waals surface area (Å²) in [5.74, 6) is -0.978. The zero-order chi connectivity index (χ0) is 19.8. The van der Waals surface area contributed by atoms with Crippen molar-refractivity contribution in [1.29, 1.82) is 0 Å². The molecule has 3 N–H and O–H groups in total. The quantitative estimate of drug-likeness (QED) is 0.641. The van der Waals surface area contributed by atoms with Crippen LogP contribution < -0.4 is 15.5 Å². The van der Waals surface area contributed by atoms with Gasteiger partial charge in [-0.25, -0.2) is 4.39 Å². The maximum Gasteiger partial charge on any atom is 0.275 e. The summed E-state index contributed by atoms with van der Waals surface area (Å²) in [6, 6.07) is 12.0. The molecule has 0 spiro atoms. The van der Waals surface area contributed by atoms with E-state index in [1.54, 1.807) is 19.2 Å². The van der Waals surface area contributed by atoms with Gasteiger partial charge in [0, 0.05) is 5.69 Å². The number of halogens is 2. The molecular formula is C20H24ClFN3O2+. The SMILES string of the molecule is CCc1ccccc1NC(=O)CNC(=O)C[NH+](C)Cc1c(F)cccc1Cl. The minimum Gasteiger partial charge on any atom is -0.342 e. The molecule has 0 heterocycles. The Balaban J connectivity index is 1.80. The van der Waals surface area contributed by atoms with Gasteiger partial charge in [0.15, 0.2) is 6.54 Å². The summed E-state index contributed by atoms with van der Waals surface area (Å²) >= 11 is 6.01. The molecule has 1 unspecified atom stereocenters. The molecule has 0 aliphatic rings. The minimum absolute atomic E-state index is 0.101. The van der Waals surface area contributed by atoms with Crippen molar-refractivity contribution in [2.75, 3.05) is 25.5 Å². The maximum atomic E-state index is 13.8. The number of hydrogen-bond donors (Lipinski definition) is 3. The zero-order valence-corrected chi connectivity index (χ0v) is 16.2. The number of nitrogens with one attached hydrogen (secondary N) is 3. The van der Waals surface area contributed by atoms with E-state index in [0.29, 0.717) is 10.6 Å². The minimum atomic E-state index is -0.392. The monoisotopic (exact) mass is 392 g/mol. The largest absolute Gasteiger partial charge is 0.342 e. The van der Waals surface area contributed by atoms with Crippen LogP contribution in [0.15, 0.2) is 42.5 Å². The van der Waals surface area contributed by atoms with Crippen LogP contribution in [0.25, 0.3) is 0 Å². The Kier molecular flexibility index (Phi) is 7.76. The Morgan fingerprint density at radius 3 is 2.56 bits per heavy atom. The van der Waals surface area contributed by atoms with Crippen LogP contribution >= 0.6 is 11.6 Å². The number of rotatable bonds is 8. The molecule has 2 aromatic carbocycles. The highest BCUT2D eigenvalue weighted by Gasteiger charge is 2.16. The molecule has 5 nitrogen and oxygen atoms in total. The molecule has 0 aromatic heterocycles. The van der Waals surface area contributed by atoms with Crippen LogP contribution in [0.5, 0.6) is 0 Å². The summed E-state index contributed by atoms with van der Waals surface area (Å²) in [6.45, 7) is 2.26. The number of anilines is 1. The first-order chi connectivity index (χ1) is 12.9. The number of quaternary nitrogens is 1. The number of carbonyl (C=O) groups excluding carboxylic acids is 2. The number of likely N-dealkylation sites (N-methyl/N-ethyl adjacent to an activating group) is 1. The van der Waals surface area contributed by atoms with Crippen LogP contribution in [0, 0.1) is 5.82 Å². The van der Waals surface area contributed by atoms with Crippen LogP contribution in [-0.4, -0.2) is 32.0 Å². The average molecular weight is 393 g/mol. The fraction of sp³-hybridized carbons (Fsp3) is 0.300. The van der Waals surface area contributed by atoms with Crippen LogP contribution in [0.2, 0.25) is 5.02 Å². The third-order valence-corrected chi connectivity index (χ3v) is 4.48. The second-order valence-electron chi connectivity index (χ2n) is 6.35. The highest BCUT2D eigenvalue weighted by Crippen LogP contribution is 2.17. The predicted octanol–water partition coefficient (Wildman–Crippen LogP) is 1.81. The first-order valence-corrected chi connectivity index (χ1v) is 9.17. The molecule has 0 aliphatic heterocycles. The van der Waals surface area contributed by atoms with E-state index in [-0.39, 0.29) is 31.4 Å². The Morgan fingerprint density at radius 2 is 1.85 bits per heavy atom. The first-order valence-electron chi connectivity index (χ1n) is 8.79. The highest BCUT2D eigenvalue weighted by molar-refractivity contribution is 6.31. The maximum absolute atomic E-state index is 13.8. The molecule has 7 heteroatoms. The summed E-state index contributed by atoms with van der Waals surface area (Å²) in [4.78, 5) is 24.9. The molecule has 1 atom stereocenters. The Hall–Kier alpha value is -2.44. The lowest BCUT2D eigenvalue weighted by molar-refractivity contribution is -0.885. The summed E-state index contributed by atoms with van der Waals surface area (Å²) < 4.78 is 13.8. The zero-order valence-electron chi connectivity index (χ0n) is 15.4. The molecule has 0 fully saturated rings. The second-order valence-corrected chi connectivity index (χ2v) is 6.75. The van der Waals surface area contributed by atoms with E-state index in [0.717, 1.165) is 22.6 Å². The van der Waals surface area contributed by atoms with E-state index < -0.39 is 5.82 Å². The van der Waals surface area contributed by atoms with Crippen molar-refractivity contribution >= 4 is 29.1 Å². The molecule has 0 saturated heterocycles. The van der Waals surface area contributed by atoms with Crippen molar-refractivity contribution in [3.63, 3.8) is 0 Å². The molecule has 0 aliphatic carbocycles. The van der Waals surface area contributed by atoms with E-state index in [9.17, 15) is 14.0 Å². The van der Waals surface area contributed by atoms with Crippen molar-refractivity contribution in [2.24, 2.45) is 0 Å². The first kappa shape index (κ1) is 20.9. The highest BCUT2D eigenvalue weighted by atomic mass is 35.5. The molecule has 0 radical (unpaired) electrons. The summed E-state index contributed by atoms with van der Waals surface area (Å²) in [6.07, 6.45) is 0.801. The molecular weight excluding hydrogens is 369 g/mol. The van der Waals surface area contributed by atoms with E-state index in [4.69, 9.17) is 11.6 Å². The van der Waals surface area contributed by atoms with Crippen LogP contribution in [0.4, 0.5) is 10.1 Å². The lowest BCUT2D eigenvalue weighted by Crippen LogP contribution is -3.09. The predicted molar refractivity (Wildman–Crippen MR) is 104 cm³/mol. The molecule has 0 saturated carbocycles. The van der Waals surface area contributed by atoms with Crippen molar-refractivity contribution in [1.82, 2.24) is 5.32 Å². The fourth-order valence-electron chi connectivity index (χ4n) is 2.73. The third kappa shape index (κ3) is 6.34. The van der Waals surface area contributed by atoms with Crippen molar-refractivity contribution in [2.45, 2.75) is 19.9 Å². The van der Waals surface area contributed by atoms with Gasteiger partial charge in [-0.1, -0.05) is 42.8 Å². The lowest BCUT2D eigenvalue weighted by atomic mass is 10.1. The van der Waals surface area contributed by atoms with Gasteiger partial charge in [0.05, 0.1) is 24.2 Å². The molecule has 2 rings (SSSR count). The lowest BCUT2D eigenvalue weighted by Gasteiger charge is -2.15. The third-order valence-electron chi connectivity index (χ3n) is 4.12. The Bertz CT molecular complexity index is 793. The number of amides is 2. The van der Waals surface area contributed by atoms with Gasteiger partial charge in [0.25, 0.3) is 5.91 Å². The van der Waals surface area contributed by atoms with E-state index in [1.807, 2.05) is 31.2 Å². The second kappa shape index (κ2) is 10.0. The normalized spacial score (nSPS) is 11.7. The smallest absolute Gasteiger partial charge is 0.275 e. The van der Waals surface area contributed by atoms with Gasteiger partial charge in [0.1, 0.15) is 12.4 Å². The van der Waals surface area contributed by atoms with Crippen molar-refractivity contribution < 1.29 is 18.9 Å². The molecule has 0 bridgehead atoms. The standard InChI is InChI=1S/C20H23ClFN3O2/c1-3-14-7-4-5-10-18(14)24-19(26)11-23-20(27)13-25(2)12-15-16(21)8-6-9-17(15)22/h4-10H,3,11-13H2,1-2H3,(H,23,27)(H,24,26)/p+1. The van der Waals surface area contributed by atoms with Gasteiger partial charge in [-0.2, -0.15) is 0 Å². The van der Waals surface area contributed by atoms with Crippen molar-refractivity contribution in [3.8, 4) is 0 Å². The fourth-order valence-corrected chi connectivity index (χ4v) is 2.96. The molecule has 144 valence electrons. The summed E-state index contributed by atoms with van der Waals surface area (Å²) in [5, 5.41) is 5.72. The average Bonchev–Trinajstić information content (AvgIpc) is 2.63. The summed E-state index contributed by atoms with van der Waals surface area (Å²) in [7, 11) is 1.76. The molecule has 2 amide bonds. The van der Waals surface area contributed by atoms with Gasteiger partial charge in [0.2, 0.25) is 5.91 Å². The number of carbonyl (C=O) groups is 2. The van der Waals surface area contributed by atoms with Crippen LogP contribution in [-0.2, 0) is 22.6 Å². The van der Waals surface area contributed by atoms with Gasteiger partial charge in [-0.3, -0.25) is 9.59 Å². The van der Waals surface area contributed by atoms with E-state index in [2.05, 4.69) is 10.6 Å². The van der Waals surface area contributed by atoms with Crippen LogP contribution in [0.3, 0.4) is 0 Å². The Labute approximate surface area is 163 Å². The molecule has 27 heavy (non-hydrogen) atoms. The Morgan fingerprint density at radius 1 is 1.11 bits per heavy atom. The number of benzene rings is 2. The van der Waals surface area contributed by atoms with E-state index in [1.165, 1.54) is 6.07 Å². The number of hydrogen-bond acceptors (Lipinski definition) is 2. The van der Waals surface area contributed by atoms with Crippen molar-refractivity contribution in [3.05, 3.63) is 64.4 Å². The number of para-hydroxylation sites is 1. The van der Waals surface area contributed by atoms with Gasteiger partial charge in [-0.05, 0) is 30.2 Å². The van der Waals surface area contributed by atoms with Gasteiger partial charge in [-0.15, -0.1) is 0 Å². The summed E-state index contributed by atoms with van der Waals surface area (Å²) in [5.41, 5.74) is 2.15. The van der Waals surface area contributed by atoms with Crippen LogP contribution in [0.1, 0.15) is 18.1 Å². The topological polar surface area (TPSA) is 62.6 Å². The van der Waals surface area contributed by atoms with E-state index >= 15 is 0 Å². The van der Waals surface area contributed by atoms with Gasteiger partial charge >= 0.3 is 0 Å². The molecule has 2 aromatic rings.